The zero-order chi connectivity index (χ0) is 14.6. The number of ether oxygens (including phenoxy) is 1. The lowest BCUT2D eigenvalue weighted by Crippen LogP contribution is -3.11. The lowest BCUT2D eigenvalue weighted by molar-refractivity contribution is -0.888. The Morgan fingerprint density at radius 2 is 1.21 bits per heavy atom. The minimum Gasteiger partial charge on any atom is -0.870 e. The average molecular weight is 367 g/mol. The van der Waals surface area contributed by atoms with E-state index in [9.17, 15) is 5.11 Å². The van der Waals surface area contributed by atoms with Crippen LogP contribution in [0.3, 0.4) is 0 Å². The van der Waals surface area contributed by atoms with Crippen LogP contribution in [0.15, 0.2) is 0 Å². The highest BCUT2D eigenvalue weighted by molar-refractivity contribution is 6.55. The van der Waals surface area contributed by atoms with Crippen LogP contribution in [0.5, 0.6) is 5.75 Å². The van der Waals surface area contributed by atoms with Crippen LogP contribution in [0.2, 0.25) is 25.1 Å². The molecule has 0 spiro atoms. The van der Waals surface area contributed by atoms with Crippen molar-refractivity contribution < 1.29 is 14.7 Å². The van der Waals surface area contributed by atoms with Crippen molar-refractivity contribution in [3.63, 3.8) is 0 Å². The van der Waals surface area contributed by atoms with Gasteiger partial charge in [-0.2, -0.15) is 0 Å². The summed E-state index contributed by atoms with van der Waals surface area (Å²) in [6.07, 6.45) is 0. The smallest absolute Gasteiger partial charge is 0.101 e. The predicted molar refractivity (Wildman–Crippen MR) is 78.4 cm³/mol. The number of halogens is 5. The summed E-state index contributed by atoms with van der Waals surface area (Å²) in [5.41, 5.74) is 0. The van der Waals surface area contributed by atoms with Crippen molar-refractivity contribution >= 4 is 58.0 Å². The minimum atomic E-state index is -0.613. The van der Waals surface area contributed by atoms with Gasteiger partial charge in [0.1, 0.15) is 13.1 Å². The Kier molecular flexibility index (Phi) is 7.33. The van der Waals surface area contributed by atoms with Gasteiger partial charge in [-0.25, -0.2) is 0 Å². The van der Waals surface area contributed by atoms with E-state index >= 15 is 0 Å². The summed E-state index contributed by atoms with van der Waals surface area (Å²) in [4.78, 5) is 1.59. The summed E-state index contributed by atoms with van der Waals surface area (Å²) >= 11 is 27.7. The topological polar surface area (TPSA) is 36.7 Å². The molecule has 8 heteroatoms. The second-order valence-corrected chi connectivity index (χ2v) is 5.86. The second-order valence-electron chi connectivity index (χ2n) is 3.97. The van der Waals surface area contributed by atoms with Crippen molar-refractivity contribution in [1.82, 2.24) is 0 Å². The van der Waals surface area contributed by atoms with Crippen LogP contribution in [0.1, 0.15) is 0 Å². The Hall–Kier alpha value is 0.390. The maximum atomic E-state index is 11.1. The van der Waals surface area contributed by atoms with E-state index in [1.807, 2.05) is 0 Å². The van der Waals surface area contributed by atoms with Gasteiger partial charge in [-0.3, -0.25) is 0 Å². The van der Waals surface area contributed by atoms with Gasteiger partial charge in [0.05, 0.1) is 45.4 Å². The molecule has 1 aromatic carbocycles. The first-order valence-electron chi connectivity index (χ1n) is 5.43. The Morgan fingerprint density at radius 1 is 0.842 bits per heavy atom. The molecule has 0 aliphatic carbocycles. The van der Waals surface area contributed by atoms with Crippen LogP contribution >= 0.6 is 58.0 Å². The Morgan fingerprint density at radius 3 is 1.53 bits per heavy atom. The van der Waals surface area contributed by atoms with Crippen LogP contribution in [0, 0.1) is 0 Å². The first kappa shape index (κ1) is 17.4. The fraction of sp³-hybridized carbons (Fsp3) is 0.455. The molecule has 0 bridgehead atoms. The van der Waals surface area contributed by atoms with E-state index in [2.05, 4.69) is 7.05 Å². The van der Waals surface area contributed by atoms with E-state index in [-0.39, 0.29) is 25.1 Å². The molecule has 0 radical (unpaired) electrons. The van der Waals surface area contributed by atoms with Crippen LogP contribution < -0.4 is 10.0 Å². The molecule has 108 valence electrons. The van der Waals surface area contributed by atoms with E-state index in [1.54, 1.807) is 4.90 Å². The number of hydrogen-bond acceptors (Lipinski definition) is 2. The number of hydrogen-bond donors (Lipinski definition) is 1. The molecule has 1 aromatic rings. The summed E-state index contributed by atoms with van der Waals surface area (Å²) in [5.74, 6) is -0.613. The number of morpholine rings is 1. The van der Waals surface area contributed by atoms with Crippen molar-refractivity contribution in [1.29, 1.82) is 0 Å². The molecule has 1 saturated heterocycles. The van der Waals surface area contributed by atoms with Crippen LogP contribution in [0.25, 0.3) is 0 Å². The van der Waals surface area contributed by atoms with Gasteiger partial charge in [0.15, 0.2) is 0 Å². The Labute approximate surface area is 136 Å². The third-order valence-electron chi connectivity index (χ3n) is 2.52. The Balaban J connectivity index is 0.000000218. The van der Waals surface area contributed by atoms with Gasteiger partial charge in [0, 0.05) is 0 Å². The molecular weight excluding hydrogens is 355 g/mol. The first-order chi connectivity index (χ1) is 8.86. The average Bonchev–Trinajstić information content (AvgIpc) is 2.42. The lowest BCUT2D eigenvalue weighted by atomic mass is 10.3. The number of benzene rings is 1. The normalized spacial score (nSPS) is 15.9. The standard InChI is InChI=1S/C6HCl5O.C5H11NO/c7-1-2(8)4(10)6(12)5(11)3(1)9;1-6-2-4-7-5-3-6/h12H;2-5H2,1H3. The van der Waals surface area contributed by atoms with E-state index in [4.69, 9.17) is 62.7 Å². The zero-order valence-electron chi connectivity index (χ0n) is 10.0. The summed E-state index contributed by atoms with van der Waals surface area (Å²) in [5, 5.41) is 10.5. The first-order valence-corrected chi connectivity index (χ1v) is 7.32. The third kappa shape index (κ3) is 4.71. The van der Waals surface area contributed by atoms with E-state index in [0.717, 1.165) is 13.2 Å². The summed E-state index contributed by atoms with van der Waals surface area (Å²) < 4.78 is 5.12. The largest absolute Gasteiger partial charge is 0.870 e. The van der Waals surface area contributed by atoms with Gasteiger partial charge in [0.2, 0.25) is 0 Å². The maximum absolute atomic E-state index is 11.1. The molecule has 0 saturated carbocycles. The minimum absolute atomic E-state index is 0.00654. The maximum Gasteiger partial charge on any atom is 0.101 e. The summed E-state index contributed by atoms with van der Waals surface area (Å²) in [6.45, 7) is 4.26. The number of quaternary nitrogens is 1. The van der Waals surface area contributed by atoms with Crippen LogP contribution in [0.4, 0.5) is 0 Å². The number of likely N-dealkylation sites (N-methyl/N-ethyl adjacent to an activating group) is 1. The summed E-state index contributed by atoms with van der Waals surface area (Å²) in [7, 11) is 2.20. The SMILES string of the molecule is C[NH+]1CCOCC1.[O-]c1c(Cl)c(Cl)c(Cl)c(Cl)c1Cl. The Bertz CT molecular complexity index is 344. The van der Waals surface area contributed by atoms with Gasteiger partial charge < -0.3 is 14.7 Å². The number of nitrogens with one attached hydrogen (secondary N) is 1. The quantitative estimate of drug-likeness (QED) is 0.565. The zero-order valence-corrected chi connectivity index (χ0v) is 13.8. The second kappa shape index (κ2) is 7.99. The fourth-order valence-electron chi connectivity index (χ4n) is 1.30. The molecule has 2 rings (SSSR count). The molecule has 0 atom stereocenters. The molecular formula is C11H12Cl5NO2. The monoisotopic (exact) mass is 365 g/mol. The van der Waals surface area contributed by atoms with Crippen molar-refractivity contribution in [3.8, 4) is 5.75 Å². The fourth-order valence-corrected chi connectivity index (χ4v) is 2.43. The molecule has 1 fully saturated rings. The van der Waals surface area contributed by atoms with Crippen molar-refractivity contribution in [2.45, 2.75) is 0 Å². The van der Waals surface area contributed by atoms with Gasteiger partial charge in [-0.1, -0.05) is 63.8 Å². The molecule has 1 aliphatic rings. The molecule has 1 aliphatic heterocycles. The highest BCUT2D eigenvalue weighted by Gasteiger charge is 2.13. The van der Waals surface area contributed by atoms with Gasteiger partial charge >= 0.3 is 0 Å². The van der Waals surface area contributed by atoms with Gasteiger partial charge in [0.25, 0.3) is 0 Å². The number of rotatable bonds is 0. The van der Waals surface area contributed by atoms with Gasteiger partial charge in [-0.05, 0) is 0 Å². The van der Waals surface area contributed by atoms with Crippen LogP contribution in [-0.2, 0) is 4.74 Å². The molecule has 0 amide bonds. The van der Waals surface area contributed by atoms with Gasteiger partial charge in [-0.15, -0.1) is 0 Å². The molecule has 0 unspecified atom stereocenters. The highest BCUT2D eigenvalue weighted by Crippen LogP contribution is 2.46. The van der Waals surface area contributed by atoms with Crippen molar-refractivity contribution in [2.24, 2.45) is 0 Å². The predicted octanol–water partition coefficient (Wildman–Crippen LogP) is 2.56. The van der Waals surface area contributed by atoms with Crippen molar-refractivity contribution in [3.05, 3.63) is 25.1 Å². The molecule has 1 N–H and O–H groups in total. The van der Waals surface area contributed by atoms with E-state index < -0.39 is 5.75 Å². The molecule has 1 heterocycles. The van der Waals surface area contributed by atoms with E-state index in [0.29, 0.717) is 0 Å². The van der Waals surface area contributed by atoms with Crippen molar-refractivity contribution in [2.75, 3.05) is 33.4 Å². The lowest BCUT2D eigenvalue weighted by Gasteiger charge is -2.18. The molecule has 3 nitrogen and oxygen atoms in total. The third-order valence-corrected chi connectivity index (χ3v) is 4.76. The molecule has 0 aromatic heterocycles. The van der Waals surface area contributed by atoms with E-state index in [1.165, 1.54) is 13.1 Å². The summed E-state index contributed by atoms with van der Waals surface area (Å²) in [6, 6.07) is 0. The highest BCUT2D eigenvalue weighted by atomic mass is 35.5. The van der Waals surface area contributed by atoms with Crippen LogP contribution in [-0.4, -0.2) is 33.4 Å². The molecule has 19 heavy (non-hydrogen) atoms.